The molecule has 0 aromatic heterocycles. The van der Waals surface area contributed by atoms with Crippen LogP contribution in [-0.4, -0.2) is 49.7 Å². The summed E-state index contributed by atoms with van der Waals surface area (Å²) in [6, 6.07) is 13.5. The zero-order valence-electron chi connectivity index (χ0n) is 15.3. The molecule has 27 heavy (non-hydrogen) atoms. The predicted molar refractivity (Wildman–Crippen MR) is 102 cm³/mol. The maximum absolute atomic E-state index is 12.8. The second-order valence-electron chi connectivity index (χ2n) is 6.58. The second kappa shape index (κ2) is 7.51. The van der Waals surface area contributed by atoms with Crippen molar-refractivity contribution in [3.8, 4) is 6.07 Å². The summed E-state index contributed by atoms with van der Waals surface area (Å²) in [6.07, 6.45) is 0. The minimum atomic E-state index is -3.63. The number of sulfonamides is 1. The molecular formula is C20H21N3O3S. The first-order valence-corrected chi connectivity index (χ1v) is 10.1. The Bertz CT molecular complexity index is 1000. The van der Waals surface area contributed by atoms with Crippen molar-refractivity contribution >= 4 is 15.9 Å². The van der Waals surface area contributed by atoms with Gasteiger partial charge in [0.1, 0.15) is 0 Å². The van der Waals surface area contributed by atoms with Gasteiger partial charge in [0, 0.05) is 31.7 Å². The largest absolute Gasteiger partial charge is 0.336 e. The van der Waals surface area contributed by atoms with Gasteiger partial charge in [0.15, 0.2) is 0 Å². The number of benzene rings is 2. The van der Waals surface area contributed by atoms with E-state index in [1.54, 1.807) is 4.90 Å². The second-order valence-corrected chi connectivity index (χ2v) is 8.52. The molecule has 2 aromatic rings. The maximum Gasteiger partial charge on any atom is 0.254 e. The summed E-state index contributed by atoms with van der Waals surface area (Å²) in [6.45, 7) is 5.09. The highest BCUT2D eigenvalue weighted by Crippen LogP contribution is 2.20. The smallest absolute Gasteiger partial charge is 0.254 e. The van der Waals surface area contributed by atoms with Crippen LogP contribution in [-0.2, 0) is 10.0 Å². The first-order valence-electron chi connectivity index (χ1n) is 8.70. The molecular weight excluding hydrogens is 362 g/mol. The van der Waals surface area contributed by atoms with Crippen molar-refractivity contribution in [1.82, 2.24) is 9.21 Å². The third kappa shape index (κ3) is 3.72. The van der Waals surface area contributed by atoms with E-state index in [-0.39, 0.29) is 23.9 Å². The number of nitriles is 1. The topological polar surface area (TPSA) is 81.5 Å². The van der Waals surface area contributed by atoms with Gasteiger partial charge < -0.3 is 4.90 Å². The van der Waals surface area contributed by atoms with Crippen molar-refractivity contribution in [1.29, 1.82) is 5.26 Å². The van der Waals surface area contributed by atoms with Crippen molar-refractivity contribution in [2.45, 2.75) is 18.7 Å². The number of piperazine rings is 1. The fourth-order valence-electron chi connectivity index (χ4n) is 3.14. The van der Waals surface area contributed by atoms with Gasteiger partial charge in [0.2, 0.25) is 10.0 Å². The van der Waals surface area contributed by atoms with Crippen molar-refractivity contribution in [3.05, 3.63) is 64.7 Å². The highest BCUT2D eigenvalue weighted by Gasteiger charge is 2.30. The number of aryl methyl sites for hydroxylation is 1. The molecule has 0 aliphatic carbocycles. The Morgan fingerprint density at radius 2 is 1.63 bits per heavy atom. The van der Waals surface area contributed by atoms with E-state index in [2.05, 4.69) is 0 Å². The fraction of sp³-hybridized carbons (Fsp3) is 0.300. The number of amides is 1. The van der Waals surface area contributed by atoms with Gasteiger partial charge in [-0.1, -0.05) is 12.1 Å². The van der Waals surface area contributed by atoms with E-state index in [1.807, 2.05) is 38.1 Å². The van der Waals surface area contributed by atoms with Crippen molar-refractivity contribution in [2.24, 2.45) is 0 Å². The van der Waals surface area contributed by atoms with Gasteiger partial charge in [-0.2, -0.15) is 9.57 Å². The molecule has 0 saturated carbocycles. The summed E-state index contributed by atoms with van der Waals surface area (Å²) in [5.41, 5.74) is 3.09. The molecule has 0 N–H and O–H groups in total. The number of carbonyl (C=O) groups excluding carboxylic acids is 1. The van der Waals surface area contributed by atoms with Crippen LogP contribution in [0.3, 0.4) is 0 Å². The molecule has 7 heteroatoms. The van der Waals surface area contributed by atoms with E-state index in [1.165, 1.54) is 28.6 Å². The molecule has 0 unspecified atom stereocenters. The molecule has 1 fully saturated rings. The average Bonchev–Trinajstić information content (AvgIpc) is 2.69. The van der Waals surface area contributed by atoms with Crippen LogP contribution in [0, 0.1) is 25.2 Å². The van der Waals surface area contributed by atoms with E-state index in [9.17, 15) is 13.2 Å². The average molecular weight is 383 g/mol. The number of nitrogens with zero attached hydrogens (tertiary/aromatic N) is 3. The van der Waals surface area contributed by atoms with E-state index >= 15 is 0 Å². The van der Waals surface area contributed by atoms with Crippen LogP contribution >= 0.6 is 0 Å². The first-order chi connectivity index (χ1) is 12.8. The third-order valence-electron chi connectivity index (χ3n) is 4.98. The quantitative estimate of drug-likeness (QED) is 0.815. The Morgan fingerprint density at radius 1 is 1.00 bits per heavy atom. The third-order valence-corrected chi connectivity index (χ3v) is 6.89. The highest BCUT2D eigenvalue weighted by molar-refractivity contribution is 7.89. The zero-order valence-corrected chi connectivity index (χ0v) is 16.2. The SMILES string of the molecule is Cc1cccc(C(=O)N2CCN(S(=O)(=O)c3ccc(C#N)cc3)CC2)c1C. The maximum atomic E-state index is 12.8. The number of hydrogen-bond donors (Lipinski definition) is 0. The Morgan fingerprint density at radius 3 is 2.22 bits per heavy atom. The fourth-order valence-corrected chi connectivity index (χ4v) is 4.56. The van der Waals surface area contributed by atoms with Crippen LogP contribution < -0.4 is 0 Å². The normalized spacial score (nSPS) is 15.4. The van der Waals surface area contributed by atoms with Crippen molar-refractivity contribution < 1.29 is 13.2 Å². The lowest BCUT2D eigenvalue weighted by molar-refractivity contribution is 0.0697. The van der Waals surface area contributed by atoms with E-state index < -0.39 is 10.0 Å². The van der Waals surface area contributed by atoms with Gasteiger partial charge in [0.05, 0.1) is 16.5 Å². The van der Waals surface area contributed by atoms with Crippen LogP contribution in [0.15, 0.2) is 47.4 Å². The molecule has 0 atom stereocenters. The van der Waals surface area contributed by atoms with Gasteiger partial charge in [-0.25, -0.2) is 8.42 Å². The van der Waals surface area contributed by atoms with Crippen molar-refractivity contribution in [2.75, 3.05) is 26.2 Å². The van der Waals surface area contributed by atoms with E-state index in [4.69, 9.17) is 5.26 Å². The Kier molecular flexibility index (Phi) is 5.31. The summed E-state index contributed by atoms with van der Waals surface area (Å²) < 4.78 is 26.9. The molecule has 1 heterocycles. The molecule has 1 aliphatic rings. The molecule has 0 bridgehead atoms. The number of hydrogen-bond acceptors (Lipinski definition) is 4. The lowest BCUT2D eigenvalue weighted by atomic mass is 10.0. The van der Waals surface area contributed by atoms with E-state index in [0.717, 1.165) is 11.1 Å². The minimum absolute atomic E-state index is 0.0633. The summed E-state index contributed by atoms with van der Waals surface area (Å²) in [4.78, 5) is 14.7. The molecule has 2 aromatic carbocycles. The molecule has 1 aliphatic heterocycles. The Labute approximate surface area is 159 Å². The highest BCUT2D eigenvalue weighted by atomic mass is 32.2. The standard InChI is InChI=1S/C20H21N3O3S/c1-15-4-3-5-19(16(15)2)20(24)22-10-12-23(13-11-22)27(25,26)18-8-6-17(14-21)7-9-18/h3-9H,10-13H2,1-2H3. The van der Waals surface area contributed by atoms with E-state index in [0.29, 0.717) is 24.2 Å². The van der Waals surface area contributed by atoms with Crippen LogP contribution in [0.5, 0.6) is 0 Å². The number of carbonyl (C=O) groups is 1. The predicted octanol–water partition coefficient (Wildman–Crippen LogP) is 2.32. The minimum Gasteiger partial charge on any atom is -0.336 e. The molecule has 0 radical (unpaired) electrons. The molecule has 0 spiro atoms. The Balaban J connectivity index is 1.72. The summed E-state index contributed by atoms with van der Waals surface area (Å²) in [7, 11) is -3.63. The Hall–Kier alpha value is -2.69. The summed E-state index contributed by atoms with van der Waals surface area (Å²) >= 11 is 0. The van der Waals surface area contributed by atoms with Crippen LogP contribution in [0.4, 0.5) is 0 Å². The summed E-state index contributed by atoms with van der Waals surface area (Å²) in [5.74, 6) is -0.0633. The van der Waals surface area contributed by atoms with Gasteiger partial charge in [-0.15, -0.1) is 0 Å². The molecule has 6 nitrogen and oxygen atoms in total. The first kappa shape index (κ1) is 19.1. The molecule has 3 rings (SSSR count). The summed E-state index contributed by atoms with van der Waals surface area (Å²) in [5, 5.41) is 8.84. The lowest BCUT2D eigenvalue weighted by Gasteiger charge is -2.34. The zero-order chi connectivity index (χ0) is 19.6. The van der Waals surface area contributed by atoms with Gasteiger partial charge in [0.25, 0.3) is 5.91 Å². The van der Waals surface area contributed by atoms with Crippen LogP contribution in [0.25, 0.3) is 0 Å². The lowest BCUT2D eigenvalue weighted by Crippen LogP contribution is -2.50. The van der Waals surface area contributed by atoms with Gasteiger partial charge in [-0.3, -0.25) is 4.79 Å². The van der Waals surface area contributed by atoms with Crippen LogP contribution in [0.1, 0.15) is 27.0 Å². The van der Waals surface area contributed by atoms with Crippen molar-refractivity contribution in [3.63, 3.8) is 0 Å². The van der Waals surface area contributed by atoms with Crippen LogP contribution in [0.2, 0.25) is 0 Å². The van der Waals surface area contributed by atoms with Gasteiger partial charge in [-0.05, 0) is 55.3 Å². The molecule has 140 valence electrons. The van der Waals surface area contributed by atoms with Gasteiger partial charge >= 0.3 is 0 Å². The monoisotopic (exact) mass is 383 g/mol. The molecule has 1 saturated heterocycles. The molecule has 1 amide bonds. The number of rotatable bonds is 3.